The van der Waals surface area contributed by atoms with E-state index in [1.807, 2.05) is 0 Å². The molecule has 0 aromatic heterocycles. The van der Waals surface area contributed by atoms with E-state index in [1.165, 1.54) is 0 Å². The summed E-state index contributed by atoms with van der Waals surface area (Å²) >= 11 is 0.333. The van der Waals surface area contributed by atoms with Gasteiger partial charge in [0.1, 0.15) is 0 Å². The van der Waals surface area contributed by atoms with Crippen molar-refractivity contribution in [2.24, 2.45) is 0 Å². The van der Waals surface area contributed by atoms with Crippen molar-refractivity contribution in [2.45, 2.75) is 0 Å². The van der Waals surface area contributed by atoms with Crippen molar-refractivity contribution in [1.82, 2.24) is 0 Å². The van der Waals surface area contributed by atoms with Gasteiger partial charge in [0.05, 0.1) is 0 Å². The zero-order valence-electron chi connectivity index (χ0n) is 1.82. The maximum Gasteiger partial charge on any atom is 0 e. The van der Waals surface area contributed by atoms with Gasteiger partial charge in [0.25, 0.3) is 0 Å². The average Bonchev–Trinajstić information content (AvgIpc) is 1.00. The quantitative estimate of drug-likeness (QED) is 0.521. The Morgan fingerprint density at radius 3 is 1.25 bits per heavy atom. The largest absolute Gasteiger partial charge is 0 e. The monoisotopic (exact) mass is 348 g/mol. The Labute approximate surface area is 57.7 Å². The smallest absolute Gasteiger partial charge is 0 e. The molecule has 0 saturated heterocycles. The Kier molecular flexibility index (Phi) is 109. The van der Waals surface area contributed by atoms with Gasteiger partial charge in [-0.1, -0.05) is 0 Å². The molecule has 0 aliphatic heterocycles. The summed E-state index contributed by atoms with van der Waals surface area (Å²) in [6.07, 6.45) is 0. The molecular weight excluding hydrogens is 347 g/mol. The van der Waals surface area contributed by atoms with E-state index in [0.717, 1.165) is 0 Å². The van der Waals surface area contributed by atoms with Gasteiger partial charge in [-0.2, -0.15) is 0 Å². The molecule has 0 aliphatic rings. The molecule has 0 rings (SSSR count). The summed E-state index contributed by atoms with van der Waals surface area (Å²) in [5.74, 6) is 0. The van der Waals surface area contributed by atoms with E-state index in [9.17, 15) is 0 Å². The number of hydrogen-bond donors (Lipinski definition) is 0. The van der Waals surface area contributed by atoms with Gasteiger partial charge in [0.15, 0.2) is 0 Å². The Hall–Kier alpha value is 1.50. The molecule has 0 amide bonds. The van der Waals surface area contributed by atoms with Gasteiger partial charge in [-0.05, 0) is 0 Å². The molecule has 4 heavy (non-hydrogen) atoms. The molecule has 1 nitrogen and oxygen atoms in total. The molecule has 0 bridgehead atoms. The second-order valence-corrected chi connectivity index (χ2v) is 0. The first-order valence-corrected chi connectivity index (χ1v) is 1.36. The Morgan fingerprint density at radius 2 is 1.25 bits per heavy atom. The van der Waals surface area contributed by atoms with Crippen molar-refractivity contribution >= 4 is 34.9 Å². The maximum atomic E-state index is 8.33. The van der Waals surface area contributed by atoms with Crippen LogP contribution in [0.25, 0.3) is 0 Å². The molecule has 0 spiro atoms. The molecule has 0 fully saturated rings. The summed E-state index contributed by atoms with van der Waals surface area (Å²) < 4.78 is 8.33. The van der Waals surface area contributed by atoms with E-state index in [4.69, 9.17) is 3.40 Å². The van der Waals surface area contributed by atoms with Crippen LogP contribution in [0.3, 0.4) is 0 Å². The van der Waals surface area contributed by atoms with Crippen molar-refractivity contribution in [3.63, 3.8) is 0 Å². The average molecular weight is 347 g/mol. The van der Waals surface area contributed by atoms with Crippen LogP contribution in [-0.2, 0) is 23.2 Å². The van der Waals surface area contributed by atoms with Crippen LogP contribution < -0.4 is 0 Å². The van der Waals surface area contributed by atoms with Crippen molar-refractivity contribution in [1.29, 1.82) is 0 Å². The first kappa shape index (κ1) is 17.8. The second-order valence-electron chi connectivity index (χ2n) is 0. The number of rotatable bonds is 0. The van der Waals surface area contributed by atoms with Crippen LogP contribution in [0.5, 0.6) is 0 Å². The fourth-order valence-corrected chi connectivity index (χ4v) is 0. The third-order valence-corrected chi connectivity index (χ3v) is 0. The number of hydrogen-bond acceptors (Lipinski definition) is 1. The van der Waals surface area contributed by atoms with Crippen LogP contribution in [0.2, 0.25) is 0 Å². The molecule has 0 N–H and O–H groups in total. The maximum absolute atomic E-state index is 8.33. The molecule has 0 aromatic carbocycles. The molecule has 20 valence electrons. The first-order chi connectivity index (χ1) is 1.00. The minimum absolute atomic E-state index is 0. The molecule has 0 aromatic rings. The molecule has 0 heterocycles. The van der Waals surface area contributed by atoms with E-state index < -0.39 is 0 Å². The molecular formula is OSiSnW. The van der Waals surface area contributed by atoms with Crippen molar-refractivity contribution in [3.05, 3.63) is 0 Å². The van der Waals surface area contributed by atoms with Gasteiger partial charge < -0.3 is 0 Å². The van der Waals surface area contributed by atoms with Gasteiger partial charge in [-0.15, -0.1) is 0 Å². The second kappa shape index (κ2) is 24.4. The van der Waals surface area contributed by atoms with Gasteiger partial charge in [0, 0.05) is 34.9 Å². The molecule has 0 aliphatic carbocycles. The van der Waals surface area contributed by atoms with Crippen LogP contribution in [0.15, 0.2) is 0 Å². The van der Waals surface area contributed by atoms with E-state index in [-0.39, 0.29) is 34.9 Å². The molecule has 0 unspecified atom stereocenters. The van der Waals surface area contributed by atoms with Crippen LogP contribution in [0.4, 0.5) is 0 Å². The van der Waals surface area contributed by atoms with E-state index in [1.54, 1.807) is 0 Å². The van der Waals surface area contributed by atoms with Crippen molar-refractivity contribution in [2.75, 3.05) is 0 Å². The van der Waals surface area contributed by atoms with Crippen LogP contribution in [0.1, 0.15) is 0 Å². The van der Waals surface area contributed by atoms with E-state index in [0.29, 0.717) is 19.8 Å². The van der Waals surface area contributed by atoms with Crippen LogP contribution >= 0.6 is 0 Å². The Balaban J connectivity index is -0.00000000500. The third kappa shape index (κ3) is 9.71. The van der Waals surface area contributed by atoms with Gasteiger partial charge in [-0.25, -0.2) is 0 Å². The van der Waals surface area contributed by atoms with Gasteiger partial charge in [-0.3, -0.25) is 0 Å². The molecule has 0 saturated carbocycles. The van der Waals surface area contributed by atoms with Crippen molar-refractivity contribution in [3.8, 4) is 0 Å². The predicted octanol–water partition coefficient (Wildman–Crippen LogP) is -0.883. The fourth-order valence-electron chi connectivity index (χ4n) is 0. The zero-order chi connectivity index (χ0) is 2.00. The fraction of sp³-hybridized carbons (Fsp3) is 0. The minimum Gasteiger partial charge on any atom is 0 e. The molecule has 0 atom stereocenters. The minimum atomic E-state index is 0. The first-order valence-electron chi connectivity index (χ1n) is 0.167. The molecule has 8 radical (unpaired) electrons. The SMILES string of the molecule is [O]=[W].[Si].[Sn]. The Bertz CT molecular complexity index is 8.00. The van der Waals surface area contributed by atoms with Gasteiger partial charge >= 0.3 is 23.2 Å². The third-order valence-electron chi connectivity index (χ3n) is 0. The summed E-state index contributed by atoms with van der Waals surface area (Å²) in [5.41, 5.74) is 0. The van der Waals surface area contributed by atoms with Crippen LogP contribution in [0, 0.1) is 0 Å². The van der Waals surface area contributed by atoms with Crippen molar-refractivity contribution < 1.29 is 23.2 Å². The van der Waals surface area contributed by atoms with E-state index >= 15 is 0 Å². The standard InChI is InChI=1S/O.Si.Sn.W. The summed E-state index contributed by atoms with van der Waals surface area (Å²) in [6, 6.07) is 0. The summed E-state index contributed by atoms with van der Waals surface area (Å²) in [6.45, 7) is 0. The van der Waals surface area contributed by atoms with Crippen LogP contribution in [-0.4, -0.2) is 34.9 Å². The summed E-state index contributed by atoms with van der Waals surface area (Å²) in [4.78, 5) is 0. The van der Waals surface area contributed by atoms with E-state index in [2.05, 4.69) is 0 Å². The summed E-state index contributed by atoms with van der Waals surface area (Å²) in [5, 5.41) is 0. The zero-order valence-corrected chi connectivity index (χ0v) is 8.60. The van der Waals surface area contributed by atoms with Gasteiger partial charge in [0.2, 0.25) is 0 Å². The topological polar surface area (TPSA) is 17.1 Å². The molecule has 4 heteroatoms. The predicted molar refractivity (Wildman–Crippen MR) is 12.2 cm³/mol. The normalized spacial score (nSPS) is 1.00. The summed E-state index contributed by atoms with van der Waals surface area (Å²) in [7, 11) is 0. The Morgan fingerprint density at radius 1 is 1.25 bits per heavy atom.